The average Bonchev–Trinajstić information content (AvgIpc) is 1.53. The van der Waals surface area contributed by atoms with E-state index in [0.717, 1.165) is 47.9 Å². The second-order valence-corrected chi connectivity index (χ2v) is 47.4. The van der Waals surface area contributed by atoms with Gasteiger partial charge in [0.05, 0.1) is 36.3 Å². The second kappa shape index (κ2) is 44.7. The van der Waals surface area contributed by atoms with Gasteiger partial charge >= 0.3 is 36.4 Å². The lowest BCUT2D eigenvalue weighted by Crippen LogP contribution is -2.62. The molecule has 18 amide bonds. The van der Waals surface area contributed by atoms with Crippen LogP contribution in [0.25, 0.3) is 0 Å². The van der Waals surface area contributed by atoms with E-state index >= 15 is 0 Å². The first-order valence-electron chi connectivity index (χ1n) is 50.3. The number of piperidine rings is 3. The highest BCUT2D eigenvalue weighted by molar-refractivity contribution is 6.39. The van der Waals surface area contributed by atoms with Crippen molar-refractivity contribution in [1.82, 2.24) is 78.1 Å². The van der Waals surface area contributed by atoms with E-state index in [0.29, 0.717) is 71.1 Å². The molecule has 18 atom stereocenters. The summed E-state index contributed by atoms with van der Waals surface area (Å²) in [4.78, 5) is 241. The number of hydrogen-bond acceptors (Lipinski definition) is 21. The molecule has 2 aromatic rings. The predicted molar refractivity (Wildman–Crippen MR) is 527 cm³/mol. The summed E-state index contributed by atoms with van der Waals surface area (Å²) in [7, 11) is 3.13. The average molecular weight is 1980 g/mol. The molecule has 7 aliphatic carbocycles. The van der Waals surface area contributed by atoms with Gasteiger partial charge in [0.2, 0.25) is 52.8 Å². The zero-order valence-corrected chi connectivity index (χ0v) is 87.4. The molecule has 8 fully saturated rings. The van der Waals surface area contributed by atoms with Crippen molar-refractivity contribution < 1.29 is 101 Å². The summed E-state index contributed by atoms with van der Waals surface area (Å²) in [6, 6.07) is 3.63. The Labute approximate surface area is 834 Å². The number of nitrogens with two attached hydrogens (primary N) is 3. The van der Waals surface area contributed by atoms with Gasteiger partial charge in [-0.2, -0.15) is 0 Å². The number of nitrogens with zero attached hydrogens (tertiary/aromatic N) is 4. The SMILES string of the molecule is CC(C)[C@@H](COC(=O)NC(C)(C)C)NC(=O)N[C@H](C(=O)N1C[C@H]2[C@@H]([C@H]1C(=O)NC(CC1CC1)C(=O)C(N)=O)C2(C)C)C1Cc2ccccc2C1.CCCC(NC(=O)[C@@H]1[C@@H]2[C@H](CN1C(=O)[C@@H](NC(=O)N[C@H](COC(=O)NCC)C(C)(C)C)C1Cc3ccccc3C1)C2(C)C)C(=O)C(N)=O.CN(C)C(=O)OC[C@@H](NC(=O)N[C@H](C(=O)N1C[C@H]2[C@@H]([C@H]1C(=O)NC(CC1CC1)C(=O)C(N)=O)C2(C)C)C(C)(C)C)C(C)(C)C. The standard InChI is InChI=1S/C37H54N6O7.C35H52N6O7.C31H52N6O7/c1-19(2)26(18-50-35(49)42-36(3,4)5)40-34(48)41-28(23-15-21-10-8-9-11-22(21)16-23)33(47)43-17-24-27(37(24,6)7)29(43)32(46)39-25(14-20-12-13-20)30(44)31(38)45;1-8-12-23(28(42)29(36)43)38-30(44)27-25-22(35(25,6)7)17-41(27)31(45)26(21-15-19-13-10-11-14-20(19)16-21)40-32(46)39-24(34(3,4)5)18-48-33(47)37-9-2;1-29(2,3)19(15-44-28(43)36(9)10)34-27(42)35-23(30(4,5)6)26(41)37-14-17-20(31(17,7)8)21(37)25(40)33-18(13-16-11-12-16)22(38)24(32)39/h8-11,19-20,23-29H,12-18H2,1-7H3,(H2,38,45)(H,39,46)(H,42,49)(H2,40,41,48);10-11,13-14,21-27H,8-9,12,15-18H2,1-7H3,(H2,36,43)(H,37,47)(H,38,44)(H2,39,40,46);16-21,23H,11-15H2,1-10H3,(H2,32,39)(H,33,40)(H2,34,35,42)/t24-,25?,26+,27-,28-,29-;22-,23?,24+,25-,26-,27-;17-,18?,19+,20-,21-,23+/m000/s1. The molecule has 786 valence electrons. The zero-order valence-electron chi connectivity index (χ0n) is 87.4. The number of carbonyl (C=O) groups is 18. The highest BCUT2D eigenvalue weighted by atomic mass is 16.6. The van der Waals surface area contributed by atoms with Crippen molar-refractivity contribution in [2.24, 2.45) is 115 Å². The van der Waals surface area contributed by atoms with E-state index in [9.17, 15) is 86.3 Å². The Balaban J connectivity index is 0.000000219. The number of primary amides is 3. The van der Waals surface area contributed by atoms with E-state index in [1.54, 1.807) is 30.8 Å². The third kappa shape index (κ3) is 27.6. The van der Waals surface area contributed by atoms with Crippen molar-refractivity contribution in [3.63, 3.8) is 0 Å². The molecule has 0 bridgehead atoms. The molecule has 10 aliphatic rings. The Morgan fingerprint density at radius 2 is 0.768 bits per heavy atom. The molecule has 0 spiro atoms. The van der Waals surface area contributed by atoms with Crippen molar-refractivity contribution in [1.29, 1.82) is 0 Å². The summed E-state index contributed by atoms with van der Waals surface area (Å²) in [5, 5.41) is 31.0. The van der Waals surface area contributed by atoms with Gasteiger partial charge in [-0.3, -0.25) is 57.5 Å². The van der Waals surface area contributed by atoms with Crippen LogP contribution in [-0.4, -0.2) is 265 Å². The lowest BCUT2D eigenvalue weighted by atomic mass is 9.85. The molecule has 12 rings (SSSR count). The first-order valence-corrected chi connectivity index (χ1v) is 50.3. The lowest BCUT2D eigenvalue weighted by Gasteiger charge is -2.38. The maximum atomic E-state index is 14.7. The summed E-state index contributed by atoms with van der Waals surface area (Å²) in [5.74, 6) is -8.97. The van der Waals surface area contributed by atoms with Crippen molar-refractivity contribution in [3.8, 4) is 0 Å². The summed E-state index contributed by atoms with van der Waals surface area (Å²) in [6.45, 7) is 43.3. The molecule has 5 saturated carbocycles. The molecule has 142 heavy (non-hydrogen) atoms. The molecule has 3 unspecified atom stereocenters. The molecule has 0 radical (unpaired) electrons. The Hall–Kier alpha value is -11.7. The number of carbonyl (C=O) groups excluding carboxylic acids is 18. The first-order chi connectivity index (χ1) is 65.9. The number of Topliss-reactive ketones (excluding diaryl/α,β-unsaturated/α-hetero) is 3. The van der Waals surface area contributed by atoms with Crippen LogP contribution in [0.2, 0.25) is 0 Å². The van der Waals surface area contributed by atoms with E-state index in [4.69, 9.17) is 31.4 Å². The van der Waals surface area contributed by atoms with Gasteiger partial charge in [-0.1, -0.05) is 205 Å². The van der Waals surface area contributed by atoms with Gasteiger partial charge in [0, 0.05) is 45.8 Å². The van der Waals surface area contributed by atoms with E-state index in [2.05, 4.69) is 86.2 Å². The zero-order chi connectivity index (χ0) is 106. The van der Waals surface area contributed by atoms with Crippen LogP contribution in [0.5, 0.6) is 0 Å². The molecule has 39 nitrogen and oxygen atoms in total. The predicted octanol–water partition coefficient (Wildman–Crippen LogP) is 6.13. The van der Waals surface area contributed by atoms with E-state index in [-0.39, 0.29) is 119 Å². The van der Waals surface area contributed by atoms with Gasteiger partial charge in [0.1, 0.15) is 56.1 Å². The lowest BCUT2D eigenvalue weighted by molar-refractivity contribution is -0.145. The Bertz CT molecular complexity index is 5030. The Kier molecular flexibility index (Phi) is 35.3. The number of ketones is 3. The molecule has 39 heteroatoms. The van der Waals surface area contributed by atoms with Crippen LogP contribution in [0.15, 0.2) is 48.5 Å². The maximum Gasteiger partial charge on any atom is 0.409 e. The monoisotopic (exact) mass is 1980 g/mol. The van der Waals surface area contributed by atoms with Gasteiger partial charge < -0.3 is 109 Å². The second-order valence-electron chi connectivity index (χ2n) is 47.4. The van der Waals surface area contributed by atoms with Crippen molar-refractivity contribution in [3.05, 3.63) is 70.8 Å². The van der Waals surface area contributed by atoms with Crippen LogP contribution < -0.4 is 75.7 Å². The molecule has 3 saturated heterocycles. The Morgan fingerprint density at radius 3 is 1.09 bits per heavy atom. The topological polar surface area (TPSA) is 558 Å². The van der Waals surface area contributed by atoms with E-state index in [1.165, 1.54) is 9.80 Å². The number of alkyl carbamates (subject to hydrolysis) is 2. The number of nitrogens with one attached hydrogen (secondary N) is 11. The highest BCUT2D eigenvalue weighted by Gasteiger charge is 2.73. The number of fused-ring (bicyclic) bond motifs is 5. The van der Waals surface area contributed by atoms with Crippen molar-refractivity contribution >= 4 is 107 Å². The first kappa shape index (κ1) is 112. The molecule has 3 heterocycles. The minimum absolute atomic E-state index is 0.0561. The van der Waals surface area contributed by atoms with Crippen LogP contribution in [0.3, 0.4) is 0 Å². The van der Waals surface area contributed by atoms with Crippen molar-refractivity contribution in [2.75, 3.05) is 60.1 Å². The number of amides is 18. The Morgan fingerprint density at radius 1 is 0.430 bits per heavy atom. The number of rotatable bonds is 37. The van der Waals surface area contributed by atoms with E-state index in [1.807, 2.05) is 166 Å². The third-order valence-electron chi connectivity index (χ3n) is 30.8. The quantitative estimate of drug-likeness (QED) is 0.0267. The molecule has 3 aliphatic heterocycles. The number of urea groups is 3. The number of likely N-dealkylation sites (tertiary alicyclic amines) is 3. The molecular weight excluding hydrogens is 1830 g/mol. The van der Waals surface area contributed by atoms with Gasteiger partial charge in [0.25, 0.3) is 17.7 Å². The van der Waals surface area contributed by atoms with Crippen molar-refractivity contribution in [2.45, 2.75) is 307 Å². The summed E-state index contributed by atoms with van der Waals surface area (Å²) in [5.41, 5.74) is 17.5. The smallest absolute Gasteiger partial charge is 0.409 e. The molecule has 17 N–H and O–H groups in total. The maximum absolute atomic E-state index is 14.7. The van der Waals surface area contributed by atoms with Crippen LogP contribution in [0.1, 0.15) is 226 Å². The summed E-state index contributed by atoms with van der Waals surface area (Å²) < 4.78 is 16.1. The fourth-order valence-electron chi connectivity index (χ4n) is 21.3. The molecular formula is C103H158N18O21. The third-order valence-corrected chi connectivity index (χ3v) is 30.8. The van der Waals surface area contributed by atoms with Gasteiger partial charge in [-0.15, -0.1) is 0 Å². The fourth-order valence-corrected chi connectivity index (χ4v) is 21.3. The minimum atomic E-state index is -1.13. The summed E-state index contributed by atoms with van der Waals surface area (Å²) >= 11 is 0. The summed E-state index contributed by atoms with van der Waals surface area (Å²) in [6.07, 6.45) is 5.60. The number of hydrogen-bond donors (Lipinski definition) is 14. The van der Waals surface area contributed by atoms with Crippen LogP contribution in [0, 0.1) is 97.6 Å². The fraction of sp³-hybridized carbons (Fsp3) is 0.709. The largest absolute Gasteiger partial charge is 0.447 e. The van der Waals surface area contributed by atoms with Gasteiger partial charge in [-0.05, 0) is 192 Å². The molecule has 0 aromatic heterocycles. The van der Waals surface area contributed by atoms with Crippen LogP contribution in [-0.2, 0) is 97.4 Å². The number of benzene rings is 2. The van der Waals surface area contributed by atoms with Crippen LogP contribution >= 0.6 is 0 Å². The van der Waals surface area contributed by atoms with Gasteiger partial charge in [-0.25, -0.2) is 28.8 Å². The van der Waals surface area contributed by atoms with Crippen LogP contribution in [0.4, 0.5) is 28.8 Å². The normalized spacial score (nSPS) is 23.6. The molecule has 2 aromatic carbocycles. The minimum Gasteiger partial charge on any atom is -0.447 e. The number of ether oxygens (including phenoxy) is 3. The highest BCUT2D eigenvalue weighted by Crippen LogP contribution is 2.67. The van der Waals surface area contributed by atoms with Gasteiger partial charge in [0.15, 0.2) is 0 Å². The van der Waals surface area contributed by atoms with E-state index < -0.39 is 189 Å².